The first-order chi connectivity index (χ1) is 7.72. The van der Waals surface area contributed by atoms with E-state index in [1.807, 2.05) is 4.90 Å². The Hall–Kier alpha value is -0.770. The van der Waals surface area contributed by atoms with Gasteiger partial charge in [0.1, 0.15) is 6.61 Å². The van der Waals surface area contributed by atoms with Crippen molar-refractivity contribution in [1.82, 2.24) is 4.90 Å². The number of carbonyl (C=O) groups excluding carboxylic acids is 1. The van der Waals surface area contributed by atoms with Crippen LogP contribution < -0.4 is 0 Å². The minimum absolute atomic E-state index is 0.142. The minimum atomic E-state index is -0.142. The molecule has 4 heteroatoms. The topological polar surface area (TPSA) is 38.8 Å². The highest BCUT2D eigenvalue weighted by Gasteiger charge is 2.42. The van der Waals surface area contributed by atoms with E-state index < -0.39 is 0 Å². The largest absolute Gasteiger partial charge is 0.447 e. The molecular formula is C12H21NO3. The lowest BCUT2D eigenvalue weighted by Gasteiger charge is -2.36. The molecule has 0 N–H and O–H groups in total. The van der Waals surface area contributed by atoms with E-state index in [9.17, 15) is 4.79 Å². The normalized spacial score (nSPS) is 32.9. The molecule has 16 heavy (non-hydrogen) atoms. The quantitative estimate of drug-likeness (QED) is 0.692. The third-order valence-corrected chi connectivity index (χ3v) is 3.69. The number of ether oxygens (including phenoxy) is 2. The van der Waals surface area contributed by atoms with Gasteiger partial charge in [0.2, 0.25) is 0 Å². The molecule has 2 aliphatic rings. The van der Waals surface area contributed by atoms with Crippen molar-refractivity contribution in [1.29, 1.82) is 0 Å². The molecule has 0 aromatic heterocycles. The molecule has 2 unspecified atom stereocenters. The molecule has 2 aliphatic heterocycles. The average Bonchev–Trinajstić information content (AvgIpc) is 2.52. The lowest BCUT2D eigenvalue weighted by Crippen LogP contribution is -2.46. The van der Waals surface area contributed by atoms with Crippen LogP contribution in [0.3, 0.4) is 0 Å². The lowest BCUT2D eigenvalue weighted by atomic mass is 9.93. The number of hydrogen-bond donors (Lipinski definition) is 0. The Bertz CT molecular complexity index is 243. The summed E-state index contributed by atoms with van der Waals surface area (Å²) in [5.41, 5.74) is 0. The maximum Gasteiger partial charge on any atom is 0.410 e. The van der Waals surface area contributed by atoms with Crippen molar-refractivity contribution in [2.45, 2.75) is 44.7 Å². The van der Waals surface area contributed by atoms with Crippen LogP contribution >= 0.6 is 0 Å². The van der Waals surface area contributed by atoms with Gasteiger partial charge < -0.3 is 14.4 Å². The summed E-state index contributed by atoms with van der Waals surface area (Å²) in [7, 11) is 1.61. The monoisotopic (exact) mass is 227 g/mol. The number of amides is 1. The summed E-state index contributed by atoms with van der Waals surface area (Å²) in [6.07, 6.45) is 4.42. The van der Waals surface area contributed by atoms with Crippen molar-refractivity contribution in [3.8, 4) is 0 Å². The van der Waals surface area contributed by atoms with Crippen LogP contribution in [0.2, 0.25) is 0 Å². The zero-order chi connectivity index (χ0) is 11.5. The SMILES string of the molecule is COCCOC(=O)N1C2CCC1CC(C)C2. The molecule has 2 heterocycles. The van der Waals surface area contributed by atoms with Gasteiger partial charge in [0.05, 0.1) is 6.61 Å². The number of nitrogens with zero attached hydrogens (tertiary/aromatic N) is 1. The molecule has 2 rings (SSSR count). The van der Waals surface area contributed by atoms with E-state index >= 15 is 0 Å². The van der Waals surface area contributed by atoms with Gasteiger partial charge in [-0.3, -0.25) is 0 Å². The van der Waals surface area contributed by atoms with Gasteiger partial charge in [0, 0.05) is 19.2 Å². The molecule has 0 aromatic rings. The Labute approximate surface area is 96.9 Å². The smallest absolute Gasteiger partial charge is 0.410 e. The molecule has 1 amide bonds. The van der Waals surface area contributed by atoms with Crippen molar-refractivity contribution >= 4 is 6.09 Å². The van der Waals surface area contributed by atoms with E-state index in [0.29, 0.717) is 25.3 Å². The molecule has 0 aromatic carbocycles. The zero-order valence-corrected chi connectivity index (χ0v) is 10.1. The summed E-state index contributed by atoms with van der Waals surface area (Å²) in [6.45, 7) is 3.12. The standard InChI is InChI=1S/C12H21NO3/c1-9-7-10-3-4-11(8-9)13(10)12(14)16-6-5-15-2/h9-11H,3-8H2,1-2H3. The molecule has 0 aliphatic carbocycles. The summed E-state index contributed by atoms with van der Waals surface area (Å²) in [4.78, 5) is 13.9. The summed E-state index contributed by atoms with van der Waals surface area (Å²) in [5, 5.41) is 0. The number of piperidine rings is 1. The highest BCUT2D eigenvalue weighted by molar-refractivity contribution is 5.69. The molecule has 92 valence electrons. The predicted molar refractivity (Wildman–Crippen MR) is 60.3 cm³/mol. The molecule has 2 fully saturated rings. The van der Waals surface area contributed by atoms with Crippen molar-refractivity contribution < 1.29 is 14.3 Å². The van der Waals surface area contributed by atoms with Crippen LogP contribution in [0.25, 0.3) is 0 Å². The van der Waals surface area contributed by atoms with Crippen molar-refractivity contribution in [2.24, 2.45) is 5.92 Å². The first-order valence-corrected chi connectivity index (χ1v) is 6.16. The average molecular weight is 227 g/mol. The van der Waals surface area contributed by atoms with Crippen LogP contribution in [0.4, 0.5) is 4.79 Å². The number of fused-ring (bicyclic) bond motifs is 2. The maximum atomic E-state index is 11.9. The van der Waals surface area contributed by atoms with Crippen molar-refractivity contribution in [3.63, 3.8) is 0 Å². The van der Waals surface area contributed by atoms with Gasteiger partial charge in [-0.05, 0) is 31.6 Å². The van der Waals surface area contributed by atoms with Crippen LogP contribution in [-0.2, 0) is 9.47 Å². The molecule has 0 saturated carbocycles. The van der Waals surface area contributed by atoms with Gasteiger partial charge in [-0.15, -0.1) is 0 Å². The van der Waals surface area contributed by atoms with Gasteiger partial charge in [-0.1, -0.05) is 6.92 Å². The van der Waals surface area contributed by atoms with Crippen LogP contribution in [0.15, 0.2) is 0 Å². The fourth-order valence-electron chi connectivity index (χ4n) is 3.03. The fraction of sp³-hybridized carbons (Fsp3) is 0.917. The van der Waals surface area contributed by atoms with Crippen LogP contribution in [0.5, 0.6) is 0 Å². The van der Waals surface area contributed by atoms with Gasteiger partial charge in [0.25, 0.3) is 0 Å². The summed E-state index contributed by atoms with van der Waals surface area (Å²) in [5.74, 6) is 0.750. The molecule has 4 nitrogen and oxygen atoms in total. The molecule has 2 saturated heterocycles. The molecule has 2 atom stereocenters. The maximum absolute atomic E-state index is 11.9. The second-order valence-electron chi connectivity index (χ2n) is 4.98. The Morgan fingerprint density at radius 3 is 2.44 bits per heavy atom. The minimum Gasteiger partial charge on any atom is -0.447 e. The summed E-state index contributed by atoms with van der Waals surface area (Å²) >= 11 is 0. The second-order valence-corrected chi connectivity index (χ2v) is 4.98. The Kier molecular flexibility index (Phi) is 3.69. The first kappa shape index (κ1) is 11.7. The Balaban J connectivity index is 1.87. The highest BCUT2D eigenvalue weighted by Crippen LogP contribution is 2.38. The molecular weight excluding hydrogens is 206 g/mol. The van der Waals surface area contributed by atoms with Crippen molar-refractivity contribution in [3.05, 3.63) is 0 Å². The van der Waals surface area contributed by atoms with Gasteiger partial charge in [0.15, 0.2) is 0 Å². The van der Waals surface area contributed by atoms with E-state index in [4.69, 9.17) is 9.47 Å². The fourth-order valence-corrected chi connectivity index (χ4v) is 3.03. The number of rotatable bonds is 3. The van der Waals surface area contributed by atoms with E-state index in [1.54, 1.807) is 7.11 Å². The van der Waals surface area contributed by atoms with Gasteiger partial charge in [-0.2, -0.15) is 0 Å². The number of carbonyl (C=O) groups is 1. The van der Waals surface area contributed by atoms with Gasteiger partial charge >= 0.3 is 6.09 Å². The van der Waals surface area contributed by atoms with Crippen molar-refractivity contribution in [2.75, 3.05) is 20.3 Å². The van der Waals surface area contributed by atoms with Crippen LogP contribution in [-0.4, -0.2) is 43.4 Å². The Morgan fingerprint density at radius 2 is 1.88 bits per heavy atom. The first-order valence-electron chi connectivity index (χ1n) is 6.16. The Morgan fingerprint density at radius 1 is 1.25 bits per heavy atom. The predicted octanol–water partition coefficient (Wildman–Crippen LogP) is 2.03. The lowest BCUT2D eigenvalue weighted by molar-refractivity contribution is 0.0430. The zero-order valence-electron chi connectivity index (χ0n) is 10.1. The highest BCUT2D eigenvalue weighted by atomic mass is 16.6. The summed E-state index contributed by atoms with van der Waals surface area (Å²) < 4.78 is 10.1. The molecule has 0 spiro atoms. The van der Waals surface area contributed by atoms with E-state index in [0.717, 1.165) is 31.6 Å². The van der Waals surface area contributed by atoms with Gasteiger partial charge in [-0.25, -0.2) is 4.79 Å². The van der Waals surface area contributed by atoms with E-state index in [-0.39, 0.29) is 6.09 Å². The molecule has 0 radical (unpaired) electrons. The number of hydrogen-bond acceptors (Lipinski definition) is 3. The number of methoxy groups -OCH3 is 1. The summed E-state index contributed by atoms with van der Waals surface area (Å²) in [6, 6.07) is 0.840. The van der Waals surface area contributed by atoms with Crippen LogP contribution in [0, 0.1) is 5.92 Å². The third kappa shape index (κ3) is 2.32. The molecule has 2 bridgehead atoms. The second kappa shape index (κ2) is 5.04. The van der Waals surface area contributed by atoms with E-state index in [1.165, 1.54) is 0 Å². The van der Waals surface area contributed by atoms with Crippen LogP contribution in [0.1, 0.15) is 32.6 Å². The third-order valence-electron chi connectivity index (χ3n) is 3.69. The van der Waals surface area contributed by atoms with E-state index in [2.05, 4.69) is 6.92 Å².